The van der Waals surface area contributed by atoms with Crippen LogP contribution in [-0.2, 0) is 4.79 Å². The van der Waals surface area contributed by atoms with Crippen molar-refractivity contribution in [3.05, 3.63) is 22.9 Å². The lowest BCUT2D eigenvalue weighted by atomic mass is 9.97. The van der Waals surface area contributed by atoms with E-state index in [-0.39, 0.29) is 5.91 Å². The fourth-order valence-corrected chi connectivity index (χ4v) is 2.57. The maximum atomic E-state index is 12.2. The average Bonchev–Trinajstić information content (AvgIpc) is 2.26. The molecule has 0 N–H and O–H groups in total. The van der Waals surface area contributed by atoms with Gasteiger partial charge in [-0.05, 0) is 35.8 Å². The maximum absolute atomic E-state index is 12.2. The number of halogens is 1. The molecular formula is C12H16BrN3O. The largest absolute Gasteiger partial charge is 0.354 e. The van der Waals surface area contributed by atoms with Gasteiger partial charge < -0.3 is 9.80 Å². The highest BCUT2D eigenvalue weighted by Crippen LogP contribution is 2.29. The van der Waals surface area contributed by atoms with Crippen LogP contribution in [0.4, 0.5) is 5.69 Å². The SMILES string of the molecule is CN1CCN(c2cncc(Br)c2)C(C)(C)C1=O. The Balaban J connectivity index is 2.36. The number of nitrogens with zero attached hydrogens (tertiary/aromatic N) is 3. The van der Waals surface area contributed by atoms with Gasteiger partial charge in [0.25, 0.3) is 0 Å². The Labute approximate surface area is 110 Å². The Morgan fingerprint density at radius 3 is 2.71 bits per heavy atom. The minimum absolute atomic E-state index is 0.142. The molecule has 17 heavy (non-hydrogen) atoms. The fraction of sp³-hybridized carbons (Fsp3) is 0.500. The van der Waals surface area contributed by atoms with E-state index in [4.69, 9.17) is 0 Å². The number of rotatable bonds is 1. The summed E-state index contributed by atoms with van der Waals surface area (Å²) in [5.41, 5.74) is 0.459. The van der Waals surface area contributed by atoms with Crippen LogP contribution in [0.5, 0.6) is 0 Å². The van der Waals surface area contributed by atoms with Gasteiger partial charge in [-0.1, -0.05) is 0 Å². The summed E-state index contributed by atoms with van der Waals surface area (Å²) in [6.45, 7) is 5.47. The van der Waals surface area contributed by atoms with Crippen LogP contribution in [0.2, 0.25) is 0 Å². The zero-order valence-corrected chi connectivity index (χ0v) is 11.9. The molecule has 1 aromatic heterocycles. The molecular weight excluding hydrogens is 282 g/mol. The highest BCUT2D eigenvalue weighted by molar-refractivity contribution is 9.10. The third-order valence-electron chi connectivity index (χ3n) is 3.21. The van der Waals surface area contributed by atoms with Gasteiger partial charge in [-0.25, -0.2) is 0 Å². The van der Waals surface area contributed by atoms with Gasteiger partial charge in [0.05, 0.1) is 11.9 Å². The summed E-state index contributed by atoms with van der Waals surface area (Å²) >= 11 is 3.41. The van der Waals surface area contributed by atoms with E-state index >= 15 is 0 Å². The second kappa shape index (κ2) is 4.29. The molecule has 0 aromatic carbocycles. The Morgan fingerprint density at radius 2 is 2.06 bits per heavy atom. The topological polar surface area (TPSA) is 36.4 Å². The van der Waals surface area contributed by atoms with Gasteiger partial charge >= 0.3 is 0 Å². The van der Waals surface area contributed by atoms with Gasteiger partial charge in [0.15, 0.2) is 0 Å². The molecule has 5 heteroatoms. The quantitative estimate of drug-likeness (QED) is 0.794. The molecule has 1 saturated heterocycles. The molecule has 0 spiro atoms. The van der Waals surface area contributed by atoms with Crippen LogP contribution in [0.1, 0.15) is 13.8 Å². The minimum atomic E-state index is -0.518. The fourth-order valence-electron chi connectivity index (χ4n) is 2.21. The van der Waals surface area contributed by atoms with Gasteiger partial charge in [-0.3, -0.25) is 9.78 Å². The first-order chi connectivity index (χ1) is 7.93. The number of likely N-dealkylation sites (N-methyl/N-ethyl adjacent to an activating group) is 1. The third-order valence-corrected chi connectivity index (χ3v) is 3.64. The Hall–Kier alpha value is -1.10. The number of anilines is 1. The van der Waals surface area contributed by atoms with Crippen LogP contribution >= 0.6 is 15.9 Å². The monoisotopic (exact) mass is 297 g/mol. The van der Waals surface area contributed by atoms with Crippen molar-refractivity contribution in [3.63, 3.8) is 0 Å². The van der Waals surface area contributed by atoms with Crippen LogP contribution in [0.25, 0.3) is 0 Å². The summed E-state index contributed by atoms with van der Waals surface area (Å²) in [6, 6.07) is 1.99. The second-order valence-corrected chi connectivity index (χ2v) is 5.71. The molecule has 0 saturated carbocycles. The number of hydrogen-bond acceptors (Lipinski definition) is 3. The molecule has 1 fully saturated rings. The normalized spacial score (nSPS) is 19.6. The predicted octanol–water partition coefficient (Wildman–Crippen LogP) is 1.90. The van der Waals surface area contributed by atoms with E-state index in [1.54, 1.807) is 17.3 Å². The van der Waals surface area contributed by atoms with Crippen molar-refractivity contribution in [3.8, 4) is 0 Å². The molecule has 0 radical (unpaired) electrons. The van der Waals surface area contributed by atoms with E-state index in [9.17, 15) is 4.79 Å². The molecule has 0 aliphatic carbocycles. The molecule has 1 amide bonds. The summed E-state index contributed by atoms with van der Waals surface area (Å²) in [5, 5.41) is 0. The number of hydrogen-bond donors (Lipinski definition) is 0. The minimum Gasteiger partial charge on any atom is -0.354 e. The smallest absolute Gasteiger partial charge is 0.247 e. The van der Waals surface area contributed by atoms with Crippen LogP contribution in [0.3, 0.4) is 0 Å². The molecule has 2 heterocycles. The van der Waals surface area contributed by atoms with E-state index in [0.717, 1.165) is 23.2 Å². The molecule has 1 aliphatic rings. The van der Waals surface area contributed by atoms with Gasteiger partial charge in [0.2, 0.25) is 5.91 Å². The molecule has 1 aromatic rings. The number of aromatic nitrogens is 1. The molecule has 0 unspecified atom stereocenters. The summed E-state index contributed by atoms with van der Waals surface area (Å²) in [7, 11) is 1.85. The van der Waals surface area contributed by atoms with Crippen molar-refractivity contribution in [1.82, 2.24) is 9.88 Å². The zero-order valence-electron chi connectivity index (χ0n) is 10.3. The lowest BCUT2D eigenvalue weighted by Gasteiger charge is -2.46. The Bertz CT molecular complexity index is 447. The second-order valence-electron chi connectivity index (χ2n) is 4.80. The zero-order chi connectivity index (χ0) is 12.6. The van der Waals surface area contributed by atoms with Crippen LogP contribution in [0, 0.1) is 0 Å². The molecule has 92 valence electrons. The van der Waals surface area contributed by atoms with Crippen LogP contribution < -0.4 is 4.90 Å². The summed E-state index contributed by atoms with van der Waals surface area (Å²) in [6.07, 6.45) is 3.54. The lowest BCUT2D eigenvalue weighted by Crippen LogP contribution is -2.62. The lowest BCUT2D eigenvalue weighted by molar-refractivity contribution is -0.136. The van der Waals surface area contributed by atoms with Gasteiger partial charge in [0, 0.05) is 30.8 Å². The summed E-state index contributed by atoms with van der Waals surface area (Å²) < 4.78 is 0.928. The maximum Gasteiger partial charge on any atom is 0.247 e. The van der Waals surface area contributed by atoms with Crippen LogP contribution in [-0.4, -0.2) is 41.5 Å². The van der Waals surface area contributed by atoms with E-state index in [1.807, 2.05) is 27.0 Å². The number of piperazine rings is 1. The summed E-state index contributed by atoms with van der Waals surface area (Å²) in [5.74, 6) is 0.142. The van der Waals surface area contributed by atoms with E-state index < -0.39 is 5.54 Å². The number of pyridine rings is 1. The van der Waals surface area contributed by atoms with Gasteiger partial charge in [0.1, 0.15) is 5.54 Å². The van der Waals surface area contributed by atoms with E-state index in [1.165, 1.54) is 0 Å². The molecule has 2 rings (SSSR count). The van der Waals surface area contributed by atoms with E-state index in [0.29, 0.717) is 0 Å². The summed E-state index contributed by atoms with van der Waals surface area (Å²) in [4.78, 5) is 20.2. The van der Waals surface area contributed by atoms with Crippen molar-refractivity contribution in [1.29, 1.82) is 0 Å². The first-order valence-corrected chi connectivity index (χ1v) is 6.36. The predicted molar refractivity (Wildman–Crippen MR) is 71.0 cm³/mol. The first-order valence-electron chi connectivity index (χ1n) is 5.56. The number of carbonyl (C=O) groups excluding carboxylic acids is 1. The molecule has 4 nitrogen and oxygen atoms in total. The van der Waals surface area contributed by atoms with Crippen LogP contribution in [0.15, 0.2) is 22.9 Å². The Morgan fingerprint density at radius 1 is 1.35 bits per heavy atom. The highest BCUT2D eigenvalue weighted by Gasteiger charge is 2.40. The third kappa shape index (κ3) is 2.16. The van der Waals surface area contributed by atoms with Crippen molar-refractivity contribution < 1.29 is 4.79 Å². The number of amides is 1. The van der Waals surface area contributed by atoms with Gasteiger partial charge in [-0.15, -0.1) is 0 Å². The standard InChI is InChI=1S/C12H16BrN3O/c1-12(2)11(17)15(3)4-5-16(12)10-6-9(13)7-14-8-10/h6-8H,4-5H2,1-3H3. The number of carbonyl (C=O) groups is 1. The molecule has 0 atom stereocenters. The first kappa shape index (κ1) is 12.4. The van der Waals surface area contributed by atoms with Crippen molar-refractivity contribution in [2.45, 2.75) is 19.4 Å². The Kier molecular flexibility index (Phi) is 3.12. The van der Waals surface area contributed by atoms with Crippen molar-refractivity contribution in [2.75, 3.05) is 25.0 Å². The molecule has 0 bridgehead atoms. The van der Waals surface area contributed by atoms with E-state index in [2.05, 4.69) is 25.8 Å². The van der Waals surface area contributed by atoms with Gasteiger partial charge in [-0.2, -0.15) is 0 Å². The van der Waals surface area contributed by atoms with Crippen molar-refractivity contribution in [2.24, 2.45) is 0 Å². The van der Waals surface area contributed by atoms with Crippen molar-refractivity contribution >= 4 is 27.5 Å². The molecule has 1 aliphatic heterocycles. The average molecular weight is 298 g/mol. The highest BCUT2D eigenvalue weighted by atomic mass is 79.9.